The zero-order valence-electron chi connectivity index (χ0n) is 31.7. The molecule has 1 saturated carbocycles. The van der Waals surface area contributed by atoms with E-state index in [4.69, 9.17) is 0 Å². The number of nitrogens with zero attached hydrogens (tertiary/aromatic N) is 2. The predicted octanol–water partition coefficient (Wildman–Crippen LogP) is 10.2. The molecule has 0 spiro atoms. The highest BCUT2D eigenvalue weighted by Crippen LogP contribution is 2.61. The quantitative estimate of drug-likeness (QED) is 0.169. The highest BCUT2D eigenvalue weighted by Gasteiger charge is 2.61. The Hall–Kier alpha value is -3.46. The van der Waals surface area contributed by atoms with Gasteiger partial charge in [-0.05, 0) is 117 Å². The Kier molecular flexibility index (Phi) is 6.51. The van der Waals surface area contributed by atoms with Crippen molar-refractivity contribution in [3.8, 4) is 0 Å². The third-order valence-corrected chi connectivity index (χ3v) is 12.9. The number of hydrogen-bond acceptors (Lipinski definition) is 2. The molecule has 2 atom stereocenters. The molecule has 0 amide bonds. The average Bonchev–Trinajstić information content (AvgIpc) is 3.21. The van der Waals surface area contributed by atoms with Gasteiger partial charge in [-0.25, -0.2) is 0 Å². The summed E-state index contributed by atoms with van der Waals surface area (Å²) in [5, 5.41) is 0. The van der Waals surface area contributed by atoms with Crippen molar-refractivity contribution in [2.24, 2.45) is 0 Å². The van der Waals surface area contributed by atoms with Crippen LogP contribution in [0.2, 0.25) is 0 Å². The van der Waals surface area contributed by atoms with Gasteiger partial charge in [0, 0.05) is 33.9 Å². The summed E-state index contributed by atoms with van der Waals surface area (Å²) in [6, 6.07) is 27.2. The SMILES string of the molecule is Cc1cc2c3c(c1)N1c4c(cccc4C4(C)CCCCC14C)B3c1ccc(C(C)(C)C)cc1N2c1cc(C(C)(C)C)cc(C(C)(C)C)c1. The Labute approximate surface area is 291 Å². The molecule has 4 aromatic rings. The van der Waals surface area contributed by atoms with Gasteiger partial charge in [0.05, 0.1) is 5.54 Å². The predicted molar refractivity (Wildman–Crippen MR) is 209 cm³/mol. The van der Waals surface area contributed by atoms with Gasteiger partial charge in [0.25, 0.3) is 6.71 Å². The molecular weight excluding hydrogens is 579 g/mol. The zero-order valence-corrected chi connectivity index (χ0v) is 31.7. The maximum Gasteiger partial charge on any atom is 0.252 e. The summed E-state index contributed by atoms with van der Waals surface area (Å²) in [7, 11) is 0. The fraction of sp³-hybridized carbons (Fsp3) is 0.467. The van der Waals surface area contributed by atoms with Crippen LogP contribution >= 0.6 is 0 Å². The van der Waals surface area contributed by atoms with E-state index in [0.717, 1.165) is 0 Å². The lowest BCUT2D eigenvalue weighted by Crippen LogP contribution is -2.64. The van der Waals surface area contributed by atoms with E-state index in [9.17, 15) is 0 Å². The van der Waals surface area contributed by atoms with Crippen LogP contribution in [-0.4, -0.2) is 12.3 Å². The van der Waals surface area contributed by atoms with Crippen LogP contribution in [0.5, 0.6) is 0 Å². The van der Waals surface area contributed by atoms with Crippen molar-refractivity contribution in [1.82, 2.24) is 0 Å². The smallest absolute Gasteiger partial charge is 0.252 e. The van der Waals surface area contributed by atoms with Crippen LogP contribution in [0.25, 0.3) is 0 Å². The molecule has 0 bridgehead atoms. The molecule has 3 heterocycles. The summed E-state index contributed by atoms with van der Waals surface area (Å²) >= 11 is 0. The van der Waals surface area contributed by atoms with Crippen molar-refractivity contribution in [1.29, 1.82) is 0 Å². The maximum absolute atomic E-state index is 2.85. The van der Waals surface area contributed by atoms with Crippen molar-refractivity contribution < 1.29 is 0 Å². The van der Waals surface area contributed by atoms with Gasteiger partial charge < -0.3 is 9.80 Å². The number of benzene rings is 4. The third kappa shape index (κ3) is 4.24. The van der Waals surface area contributed by atoms with Gasteiger partial charge in [-0.15, -0.1) is 0 Å². The second-order valence-corrected chi connectivity index (χ2v) is 19.2. The minimum Gasteiger partial charge on any atom is -0.335 e. The lowest BCUT2D eigenvalue weighted by atomic mass is 9.33. The lowest BCUT2D eigenvalue weighted by Gasteiger charge is -2.53. The molecule has 0 N–H and O–H groups in total. The molecule has 4 aliphatic rings. The Morgan fingerprint density at radius 3 is 1.90 bits per heavy atom. The number of anilines is 5. The largest absolute Gasteiger partial charge is 0.335 e. The van der Waals surface area contributed by atoms with E-state index in [0.29, 0.717) is 0 Å². The minimum atomic E-state index is 0.0291. The Morgan fingerprint density at radius 1 is 0.625 bits per heavy atom. The van der Waals surface area contributed by atoms with Gasteiger partial charge in [-0.3, -0.25) is 0 Å². The van der Waals surface area contributed by atoms with Crippen molar-refractivity contribution >= 4 is 51.5 Å². The molecule has 3 aliphatic heterocycles. The Bertz CT molecular complexity index is 1970. The fourth-order valence-corrected chi connectivity index (χ4v) is 9.76. The average molecular weight is 635 g/mol. The highest BCUT2D eigenvalue weighted by atomic mass is 15.3. The first-order valence-electron chi connectivity index (χ1n) is 18.5. The molecule has 248 valence electrons. The first kappa shape index (κ1) is 31.8. The van der Waals surface area contributed by atoms with E-state index < -0.39 is 0 Å². The van der Waals surface area contributed by atoms with Crippen LogP contribution in [0.4, 0.5) is 28.4 Å². The standard InChI is InChI=1S/C45H55BN2/c1-28-22-37-39-38(23-28)48-40-33(44(11)20-13-14-21-45(44,48)12)16-15-17-35(40)46(39)34-19-18-29(41(2,3)4)27-36(34)47(37)32-25-30(42(5,6)7)24-31(26-32)43(8,9)10/h15-19,22-27H,13-14,20-21H2,1-12H3. The second-order valence-electron chi connectivity index (χ2n) is 19.2. The van der Waals surface area contributed by atoms with E-state index in [1.807, 2.05) is 0 Å². The van der Waals surface area contributed by atoms with Crippen LogP contribution in [0.1, 0.15) is 130 Å². The number of fused-ring (bicyclic) bond motifs is 7. The molecule has 0 aromatic heterocycles. The number of hydrogen-bond donors (Lipinski definition) is 0. The van der Waals surface area contributed by atoms with Gasteiger partial charge in [0.1, 0.15) is 0 Å². The van der Waals surface area contributed by atoms with Crippen molar-refractivity contribution in [3.63, 3.8) is 0 Å². The number of para-hydroxylation sites is 1. The van der Waals surface area contributed by atoms with Gasteiger partial charge in [0.2, 0.25) is 0 Å². The van der Waals surface area contributed by atoms with E-state index in [1.54, 1.807) is 5.56 Å². The molecular formula is C45H55BN2. The first-order chi connectivity index (χ1) is 22.3. The first-order valence-corrected chi connectivity index (χ1v) is 18.5. The number of rotatable bonds is 1. The fourth-order valence-electron chi connectivity index (χ4n) is 9.76. The maximum atomic E-state index is 2.85. The third-order valence-electron chi connectivity index (χ3n) is 12.9. The monoisotopic (exact) mass is 634 g/mol. The van der Waals surface area contributed by atoms with Crippen molar-refractivity contribution in [3.05, 3.63) is 94.5 Å². The lowest BCUT2D eigenvalue weighted by molar-refractivity contribution is 0.195. The van der Waals surface area contributed by atoms with Gasteiger partial charge in [0.15, 0.2) is 0 Å². The normalized spacial score (nSPS) is 22.7. The van der Waals surface area contributed by atoms with Crippen molar-refractivity contribution in [2.45, 2.75) is 136 Å². The summed E-state index contributed by atoms with van der Waals surface area (Å²) in [6.07, 6.45) is 5.08. The topological polar surface area (TPSA) is 6.48 Å². The van der Waals surface area contributed by atoms with E-state index in [1.165, 1.54) is 92.8 Å². The Balaban J connectivity index is 1.49. The van der Waals surface area contributed by atoms with Crippen molar-refractivity contribution in [2.75, 3.05) is 9.80 Å². The van der Waals surface area contributed by atoms with Crippen LogP contribution in [0.3, 0.4) is 0 Å². The highest BCUT2D eigenvalue weighted by molar-refractivity contribution is 7.00. The summed E-state index contributed by atoms with van der Waals surface area (Å²) in [5.74, 6) is 0. The van der Waals surface area contributed by atoms with Gasteiger partial charge >= 0.3 is 0 Å². The van der Waals surface area contributed by atoms with E-state index >= 15 is 0 Å². The molecule has 1 aliphatic carbocycles. The summed E-state index contributed by atoms with van der Waals surface area (Å²) in [4.78, 5) is 5.50. The molecule has 2 nitrogen and oxygen atoms in total. The van der Waals surface area contributed by atoms with Crippen LogP contribution in [0.15, 0.2) is 66.7 Å². The molecule has 2 unspecified atom stereocenters. The molecule has 0 saturated heterocycles. The molecule has 48 heavy (non-hydrogen) atoms. The minimum absolute atomic E-state index is 0.0291. The Morgan fingerprint density at radius 2 is 1.25 bits per heavy atom. The zero-order chi connectivity index (χ0) is 34.3. The van der Waals surface area contributed by atoms with E-state index in [2.05, 4.69) is 160 Å². The number of aryl methyl sites for hydroxylation is 1. The summed E-state index contributed by atoms with van der Waals surface area (Å²) in [5.41, 5.74) is 18.6. The summed E-state index contributed by atoms with van der Waals surface area (Å²) in [6.45, 7) is 28.9. The summed E-state index contributed by atoms with van der Waals surface area (Å²) < 4.78 is 0. The van der Waals surface area contributed by atoms with Gasteiger partial charge in [-0.2, -0.15) is 0 Å². The molecule has 3 heteroatoms. The molecule has 4 aromatic carbocycles. The second kappa shape index (κ2) is 9.83. The van der Waals surface area contributed by atoms with Crippen LogP contribution < -0.4 is 26.2 Å². The molecule has 8 rings (SSSR count). The van der Waals surface area contributed by atoms with E-state index in [-0.39, 0.29) is 33.9 Å². The molecule has 1 fully saturated rings. The van der Waals surface area contributed by atoms with Crippen LogP contribution in [-0.2, 0) is 21.7 Å². The van der Waals surface area contributed by atoms with Gasteiger partial charge in [-0.1, -0.05) is 118 Å². The van der Waals surface area contributed by atoms with Crippen LogP contribution in [0, 0.1) is 6.92 Å². The molecule has 0 radical (unpaired) electrons.